The minimum absolute atomic E-state index is 0.142. The lowest BCUT2D eigenvalue weighted by Crippen LogP contribution is -2.34. The standard InChI is InChI=1S/C13H20ClNO/c1-9(2)13(16-4)12(15-3)10-6-5-7-11(14)8-10/h5-9,12-13,15H,1-4H3. The van der Waals surface area contributed by atoms with Crippen molar-refractivity contribution in [3.8, 4) is 0 Å². The Kier molecular flexibility index (Phi) is 5.26. The van der Waals surface area contributed by atoms with Gasteiger partial charge in [0.15, 0.2) is 0 Å². The Morgan fingerprint density at radius 3 is 2.44 bits per heavy atom. The highest BCUT2D eigenvalue weighted by molar-refractivity contribution is 6.30. The van der Waals surface area contributed by atoms with Crippen LogP contribution in [0.1, 0.15) is 25.5 Å². The second kappa shape index (κ2) is 6.24. The van der Waals surface area contributed by atoms with Gasteiger partial charge in [-0.3, -0.25) is 0 Å². The van der Waals surface area contributed by atoms with Crippen LogP contribution in [0.4, 0.5) is 0 Å². The number of hydrogen-bond donors (Lipinski definition) is 1. The maximum atomic E-state index is 6.00. The normalized spacial score (nSPS) is 15.1. The summed E-state index contributed by atoms with van der Waals surface area (Å²) < 4.78 is 5.55. The van der Waals surface area contributed by atoms with Gasteiger partial charge in [-0.1, -0.05) is 37.6 Å². The van der Waals surface area contributed by atoms with Gasteiger partial charge in [0.05, 0.1) is 12.1 Å². The van der Waals surface area contributed by atoms with E-state index in [0.717, 1.165) is 10.6 Å². The number of ether oxygens (including phenoxy) is 1. The van der Waals surface area contributed by atoms with Gasteiger partial charge in [-0.2, -0.15) is 0 Å². The molecular formula is C13H20ClNO. The molecular weight excluding hydrogens is 222 g/mol. The molecule has 2 unspecified atom stereocenters. The van der Waals surface area contributed by atoms with E-state index in [1.54, 1.807) is 7.11 Å². The van der Waals surface area contributed by atoms with E-state index >= 15 is 0 Å². The molecule has 0 aliphatic heterocycles. The van der Waals surface area contributed by atoms with Crippen molar-refractivity contribution >= 4 is 11.6 Å². The molecule has 1 aromatic rings. The van der Waals surface area contributed by atoms with Crippen LogP contribution in [0.5, 0.6) is 0 Å². The summed E-state index contributed by atoms with van der Waals surface area (Å²) in [6.45, 7) is 4.31. The third-order valence-corrected chi connectivity index (χ3v) is 3.01. The number of methoxy groups -OCH3 is 1. The minimum Gasteiger partial charge on any atom is -0.379 e. The smallest absolute Gasteiger partial charge is 0.0788 e. The molecule has 2 atom stereocenters. The Bertz CT molecular complexity index is 327. The molecule has 2 nitrogen and oxygen atoms in total. The average molecular weight is 242 g/mol. The molecule has 0 spiro atoms. The number of benzene rings is 1. The van der Waals surface area contributed by atoms with Gasteiger partial charge in [-0.15, -0.1) is 0 Å². The van der Waals surface area contributed by atoms with E-state index < -0.39 is 0 Å². The Labute approximate surface area is 103 Å². The van der Waals surface area contributed by atoms with Crippen molar-refractivity contribution in [3.05, 3.63) is 34.9 Å². The number of halogens is 1. The predicted molar refractivity (Wildman–Crippen MR) is 68.9 cm³/mol. The van der Waals surface area contributed by atoms with E-state index in [4.69, 9.17) is 16.3 Å². The molecule has 1 rings (SSSR count). The minimum atomic E-state index is 0.142. The lowest BCUT2D eigenvalue weighted by molar-refractivity contribution is 0.0348. The number of nitrogens with one attached hydrogen (secondary N) is 1. The van der Waals surface area contributed by atoms with E-state index in [9.17, 15) is 0 Å². The molecule has 3 heteroatoms. The Balaban J connectivity index is 2.96. The molecule has 90 valence electrons. The Morgan fingerprint density at radius 2 is 2.00 bits per heavy atom. The molecule has 0 bridgehead atoms. The summed E-state index contributed by atoms with van der Waals surface area (Å²) in [4.78, 5) is 0. The van der Waals surface area contributed by atoms with Crippen LogP contribution in [0.3, 0.4) is 0 Å². The molecule has 1 N–H and O–H groups in total. The number of rotatable bonds is 5. The summed E-state index contributed by atoms with van der Waals surface area (Å²) in [5, 5.41) is 4.05. The van der Waals surface area contributed by atoms with Crippen molar-refractivity contribution in [2.24, 2.45) is 5.92 Å². The fraction of sp³-hybridized carbons (Fsp3) is 0.538. The zero-order valence-corrected chi connectivity index (χ0v) is 11.1. The summed E-state index contributed by atoms with van der Waals surface area (Å²) >= 11 is 6.00. The molecule has 0 saturated heterocycles. The van der Waals surface area contributed by atoms with E-state index in [2.05, 4.69) is 25.2 Å². The third kappa shape index (κ3) is 3.21. The van der Waals surface area contributed by atoms with Gasteiger partial charge in [0.1, 0.15) is 0 Å². The molecule has 0 heterocycles. The van der Waals surface area contributed by atoms with Crippen LogP contribution in [0.2, 0.25) is 5.02 Å². The van der Waals surface area contributed by atoms with Crippen molar-refractivity contribution in [1.82, 2.24) is 5.32 Å². The van der Waals surface area contributed by atoms with Gasteiger partial charge in [-0.25, -0.2) is 0 Å². The molecule has 0 aliphatic rings. The lowest BCUT2D eigenvalue weighted by Gasteiger charge is -2.29. The van der Waals surface area contributed by atoms with Crippen molar-refractivity contribution in [3.63, 3.8) is 0 Å². The molecule has 0 aliphatic carbocycles. The van der Waals surface area contributed by atoms with E-state index in [0.29, 0.717) is 5.92 Å². The monoisotopic (exact) mass is 241 g/mol. The van der Waals surface area contributed by atoms with Crippen LogP contribution in [0.15, 0.2) is 24.3 Å². The van der Waals surface area contributed by atoms with Crippen molar-refractivity contribution in [2.45, 2.75) is 26.0 Å². The number of hydrogen-bond acceptors (Lipinski definition) is 2. The molecule has 0 aromatic heterocycles. The van der Waals surface area contributed by atoms with Crippen LogP contribution in [0, 0.1) is 5.92 Å². The first-order chi connectivity index (χ1) is 7.60. The summed E-state index contributed by atoms with van der Waals surface area (Å²) in [5.74, 6) is 0.446. The van der Waals surface area contributed by atoms with Crippen molar-refractivity contribution in [1.29, 1.82) is 0 Å². The van der Waals surface area contributed by atoms with Crippen LogP contribution in [-0.2, 0) is 4.74 Å². The quantitative estimate of drug-likeness (QED) is 0.855. The van der Waals surface area contributed by atoms with Crippen LogP contribution < -0.4 is 5.32 Å². The van der Waals surface area contributed by atoms with Gasteiger partial charge in [0, 0.05) is 12.1 Å². The first-order valence-electron chi connectivity index (χ1n) is 5.55. The predicted octanol–water partition coefficient (Wildman–Crippen LogP) is 3.27. The Morgan fingerprint density at radius 1 is 1.31 bits per heavy atom. The van der Waals surface area contributed by atoms with Gasteiger partial charge < -0.3 is 10.1 Å². The summed E-state index contributed by atoms with van der Waals surface area (Å²) in [6.07, 6.45) is 0.142. The molecule has 16 heavy (non-hydrogen) atoms. The summed E-state index contributed by atoms with van der Waals surface area (Å²) in [6, 6.07) is 8.08. The fourth-order valence-corrected chi connectivity index (χ4v) is 2.21. The van der Waals surface area contributed by atoms with E-state index in [1.165, 1.54) is 0 Å². The van der Waals surface area contributed by atoms with Crippen molar-refractivity contribution < 1.29 is 4.74 Å². The topological polar surface area (TPSA) is 21.3 Å². The zero-order valence-electron chi connectivity index (χ0n) is 10.3. The summed E-state index contributed by atoms with van der Waals surface area (Å²) in [5.41, 5.74) is 1.16. The second-order valence-electron chi connectivity index (χ2n) is 4.27. The maximum Gasteiger partial charge on any atom is 0.0788 e. The van der Waals surface area contributed by atoms with Gasteiger partial charge >= 0.3 is 0 Å². The lowest BCUT2D eigenvalue weighted by atomic mass is 9.93. The van der Waals surface area contributed by atoms with Gasteiger partial charge in [0.25, 0.3) is 0 Å². The third-order valence-electron chi connectivity index (χ3n) is 2.78. The zero-order chi connectivity index (χ0) is 12.1. The summed E-state index contributed by atoms with van der Waals surface area (Å²) in [7, 11) is 3.69. The largest absolute Gasteiger partial charge is 0.379 e. The van der Waals surface area contributed by atoms with Crippen molar-refractivity contribution in [2.75, 3.05) is 14.2 Å². The fourth-order valence-electron chi connectivity index (χ4n) is 2.01. The van der Waals surface area contributed by atoms with E-state index in [1.807, 2.05) is 25.2 Å². The molecule has 0 radical (unpaired) electrons. The second-order valence-corrected chi connectivity index (χ2v) is 4.70. The van der Waals surface area contributed by atoms with Gasteiger partial charge in [0.2, 0.25) is 0 Å². The SMILES string of the molecule is CNC(c1cccc(Cl)c1)C(OC)C(C)C. The van der Waals surface area contributed by atoms with Crippen LogP contribution >= 0.6 is 11.6 Å². The highest BCUT2D eigenvalue weighted by Crippen LogP contribution is 2.25. The molecule has 0 fully saturated rings. The molecule has 0 amide bonds. The average Bonchev–Trinajstić information content (AvgIpc) is 2.25. The highest BCUT2D eigenvalue weighted by atomic mass is 35.5. The highest BCUT2D eigenvalue weighted by Gasteiger charge is 2.24. The first-order valence-corrected chi connectivity index (χ1v) is 5.93. The van der Waals surface area contributed by atoms with E-state index in [-0.39, 0.29) is 12.1 Å². The van der Waals surface area contributed by atoms with Gasteiger partial charge in [-0.05, 0) is 30.7 Å². The molecule has 1 aromatic carbocycles. The Hall–Kier alpha value is -0.570. The molecule has 0 saturated carbocycles. The first kappa shape index (κ1) is 13.5. The maximum absolute atomic E-state index is 6.00. The van der Waals surface area contributed by atoms with Crippen LogP contribution in [0.25, 0.3) is 0 Å². The number of likely N-dealkylation sites (N-methyl/N-ethyl adjacent to an activating group) is 1. The van der Waals surface area contributed by atoms with Crippen LogP contribution in [-0.4, -0.2) is 20.3 Å².